The lowest BCUT2D eigenvalue weighted by Crippen LogP contribution is -2.27. The molecule has 0 saturated carbocycles. The van der Waals surface area contributed by atoms with Gasteiger partial charge in [0.15, 0.2) is 0 Å². The summed E-state index contributed by atoms with van der Waals surface area (Å²) in [5.41, 5.74) is 0.300. The largest absolute Gasteiger partial charge is 0.262 e. The Balaban J connectivity index is 2.28. The summed E-state index contributed by atoms with van der Waals surface area (Å²) in [5, 5.41) is 15.0. The molecule has 0 spiro atoms. The first kappa shape index (κ1) is 13.2. The van der Waals surface area contributed by atoms with Crippen LogP contribution in [0.2, 0.25) is 0 Å². The summed E-state index contributed by atoms with van der Waals surface area (Å²) in [5.74, 6) is 0.447. The number of H-pyrrole nitrogens is 1. The average Bonchev–Trinajstić information content (AvgIpc) is 2.91. The third kappa shape index (κ3) is 2.78. The Morgan fingerprint density at radius 1 is 1.47 bits per heavy atom. The number of benzene rings is 1. The zero-order valence-electron chi connectivity index (χ0n) is 10.1. The standard InChI is InChI=1S/C11H11N5O2S/c1-16(7-11-13-8-14-15-11)19(17,18)10-4-2-3-9(5-10)6-12/h2-5,8H,7H2,1H3,(H,13,14,15). The lowest BCUT2D eigenvalue weighted by Gasteiger charge is -2.15. The number of nitrogens with one attached hydrogen (secondary N) is 1. The van der Waals surface area contributed by atoms with E-state index in [0.717, 1.165) is 4.31 Å². The molecule has 0 amide bonds. The Hall–Kier alpha value is -2.24. The second-order valence-electron chi connectivity index (χ2n) is 3.83. The van der Waals surface area contributed by atoms with E-state index in [0.29, 0.717) is 11.4 Å². The van der Waals surface area contributed by atoms with Gasteiger partial charge in [-0.05, 0) is 18.2 Å². The number of nitriles is 1. The van der Waals surface area contributed by atoms with Gasteiger partial charge in [0, 0.05) is 7.05 Å². The van der Waals surface area contributed by atoms with Crippen LogP contribution in [0.25, 0.3) is 0 Å². The van der Waals surface area contributed by atoms with Gasteiger partial charge in [-0.3, -0.25) is 5.10 Å². The molecule has 7 nitrogen and oxygen atoms in total. The summed E-state index contributed by atoms with van der Waals surface area (Å²) in [4.78, 5) is 3.95. The van der Waals surface area contributed by atoms with Crippen molar-refractivity contribution < 1.29 is 8.42 Å². The van der Waals surface area contributed by atoms with Crippen LogP contribution in [-0.4, -0.2) is 35.0 Å². The lowest BCUT2D eigenvalue weighted by molar-refractivity contribution is 0.457. The van der Waals surface area contributed by atoms with E-state index >= 15 is 0 Å². The van der Waals surface area contributed by atoms with Crippen LogP contribution in [0.15, 0.2) is 35.5 Å². The minimum atomic E-state index is -3.65. The maximum atomic E-state index is 12.3. The number of sulfonamides is 1. The quantitative estimate of drug-likeness (QED) is 0.876. The van der Waals surface area contributed by atoms with Crippen molar-refractivity contribution in [2.45, 2.75) is 11.4 Å². The highest BCUT2D eigenvalue weighted by atomic mass is 32.2. The van der Waals surface area contributed by atoms with Crippen LogP contribution in [0, 0.1) is 11.3 Å². The molecule has 1 N–H and O–H groups in total. The number of rotatable bonds is 4. The Morgan fingerprint density at radius 2 is 2.26 bits per heavy atom. The SMILES string of the molecule is CN(Cc1ncn[nH]1)S(=O)(=O)c1cccc(C#N)c1. The van der Waals surface area contributed by atoms with E-state index in [1.54, 1.807) is 6.07 Å². The molecule has 1 aromatic heterocycles. The fraction of sp³-hybridized carbons (Fsp3) is 0.182. The zero-order chi connectivity index (χ0) is 13.9. The molecule has 1 heterocycles. The summed E-state index contributed by atoms with van der Waals surface area (Å²) < 4.78 is 25.7. The van der Waals surface area contributed by atoms with Crippen LogP contribution < -0.4 is 0 Å². The number of aromatic nitrogens is 3. The topological polar surface area (TPSA) is 103 Å². The number of hydrogen-bond donors (Lipinski definition) is 1. The van der Waals surface area contributed by atoms with Gasteiger partial charge in [-0.25, -0.2) is 13.4 Å². The van der Waals surface area contributed by atoms with Crippen molar-refractivity contribution >= 4 is 10.0 Å². The molecule has 0 unspecified atom stereocenters. The molecule has 0 aliphatic heterocycles. The summed E-state index contributed by atoms with van der Waals surface area (Å²) in [6.07, 6.45) is 1.31. The van der Waals surface area contributed by atoms with Crippen molar-refractivity contribution in [1.29, 1.82) is 5.26 Å². The molecular formula is C11H11N5O2S. The highest BCUT2D eigenvalue weighted by Gasteiger charge is 2.21. The fourth-order valence-corrected chi connectivity index (χ4v) is 2.69. The van der Waals surface area contributed by atoms with E-state index in [9.17, 15) is 8.42 Å². The first-order valence-electron chi connectivity index (χ1n) is 5.35. The van der Waals surface area contributed by atoms with E-state index in [4.69, 9.17) is 5.26 Å². The average molecular weight is 277 g/mol. The lowest BCUT2D eigenvalue weighted by atomic mass is 10.2. The van der Waals surface area contributed by atoms with Crippen molar-refractivity contribution in [3.63, 3.8) is 0 Å². The maximum absolute atomic E-state index is 12.3. The van der Waals surface area contributed by atoms with Gasteiger partial charge in [-0.2, -0.15) is 14.7 Å². The van der Waals surface area contributed by atoms with E-state index < -0.39 is 10.0 Å². The second kappa shape index (κ2) is 5.17. The van der Waals surface area contributed by atoms with E-state index in [-0.39, 0.29) is 11.4 Å². The molecule has 0 aliphatic carbocycles. The van der Waals surface area contributed by atoms with Crippen LogP contribution in [0.3, 0.4) is 0 Å². The molecule has 8 heteroatoms. The fourth-order valence-electron chi connectivity index (χ4n) is 1.51. The molecule has 0 aliphatic rings. The van der Waals surface area contributed by atoms with Crippen molar-refractivity contribution in [2.75, 3.05) is 7.05 Å². The van der Waals surface area contributed by atoms with Gasteiger partial charge in [-0.1, -0.05) is 6.07 Å². The molecule has 2 aromatic rings. The highest BCUT2D eigenvalue weighted by molar-refractivity contribution is 7.89. The Bertz CT molecular complexity index is 703. The van der Waals surface area contributed by atoms with Crippen LogP contribution in [-0.2, 0) is 16.6 Å². The predicted molar refractivity (Wildman–Crippen MR) is 66.2 cm³/mol. The van der Waals surface area contributed by atoms with E-state index in [2.05, 4.69) is 15.2 Å². The molecule has 0 bridgehead atoms. The molecule has 2 rings (SSSR count). The summed E-state index contributed by atoms with van der Waals surface area (Å²) in [6, 6.07) is 7.79. The molecule has 0 fully saturated rings. The van der Waals surface area contributed by atoms with Gasteiger partial charge in [0.05, 0.1) is 23.1 Å². The van der Waals surface area contributed by atoms with Crippen LogP contribution in [0.1, 0.15) is 11.4 Å². The van der Waals surface area contributed by atoms with Crippen LogP contribution in [0.5, 0.6) is 0 Å². The third-order valence-electron chi connectivity index (χ3n) is 2.51. The van der Waals surface area contributed by atoms with E-state index in [1.165, 1.54) is 31.6 Å². The van der Waals surface area contributed by atoms with Crippen molar-refractivity contribution in [3.8, 4) is 6.07 Å². The molecule has 0 atom stereocenters. The molecule has 98 valence electrons. The predicted octanol–water partition coefficient (Wildman–Crippen LogP) is 0.497. The van der Waals surface area contributed by atoms with Gasteiger partial charge in [0.2, 0.25) is 10.0 Å². The molecule has 19 heavy (non-hydrogen) atoms. The first-order chi connectivity index (χ1) is 9.04. The highest BCUT2D eigenvalue weighted by Crippen LogP contribution is 2.16. The molecule has 0 saturated heterocycles. The molecule has 1 aromatic carbocycles. The Morgan fingerprint density at radius 3 is 2.89 bits per heavy atom. The van der Waals surface area contributed by atoms with Crippen LogP contribution >= 0.6 is 0 Å². The number of hydrogen-bond acceptors (Lipinski definition) is 5. The minimum absolute atomic E-state index is 0.0774. The third-order valence-corrected chi connectivity index (χ3v) is 4.31. The van der Waals surface area contributed by atoms with Gasteiger partial charge < -0.3 is 0 Å². The number of nitrogens with zero attached hydrogens (tertiary/aromatic N) is 4. The Kier molecular flexibility index (Phi) is 3.59. The molecule has 0 radical (unpaired) electrons. The molecular weight excluding hydrogens is 266 g/mol. The monoisotopic (exact) mass is 277 g/mol. The van der Waals surface area contributed by atoms with Crippen molar-refractivity contribution in [3.05, 3.63) is 42.0 Å². The van der Waals surface area contributed by atoms with E-state index in [1.807, 2.05) is 6.07 Å². The summed E-state index contributed by atoms with van der Waals surface area (Å²) in [7, 11) is -2.21. The minimum Gasteiger partial charge on any atom is -0.262 e. The van der Waals surface area contributed by atoms with Gasteiger partial charge in [0.1, 0.15) is 12.2 Å². The normalized spacial score (nSPS) is 11.4. The zero-order valence-corrected chi connectivity index (χ0v) is 10.9. The number of aromatic amines is 1. The smallest absolute Gasteiger partial charge is 0.243 e. The van der Waals surface area contributed by atoms with Crippen LogP contribution in [0.4, 0.5) is 0 Å². The van der Waals surface area contributed by atoms with Gasteiger partial charge >= 0.3 is 0 Å². The summed E-state index contributed by atoms with van der Waals surface area (Å²) in [6.45, 7) is 0.0825. The van der Waals surface area contributed by atoms with Gasteiger partial charge in [-0.15, -0.1) is 0 Å². The maximum Gasteiger partial charge on any atom is 0.243 e. The van der Waals surface area contributed by atoms with Crippen molar-refractivity contribution in [1.82, 2.24) is 19.5 Å². The summed E-state index contributed by atoms with van der Waals surface area (Å²) >= 11 is 0. The van der Waals surface area contributed by atoms with Crippen molar-refractivity contribution in [2.24, 2.45) is 0 Å². The second-order valence-corrected chi connectivity index (χ2v) is 5.88. The van der Waals surface area contributed by atoms with Gasteiger partial charge in [0.25, 0.3) is 0 Å². The first-order valence-corrected chi connectivity index (χ1v) is 6.79. The Labute approximate surface area is 110 Å².